The van der Waals surface area contributed by atoms with E-state index in [0.717, 1.165) is 25.1 Å². The standard InChI is InChI=1S/C14H19N3O3/c1-8-6-11(12(15-8)13(18)19)16-14(20)17(10-4-5-10)7-9-2-3-9/h6,9-10,15H,2-5,7H2,1H3,(H,16,20)(H,18,19). The number of nitrogens with one attached hydrogen (secondary N) is 2. The Labute approximate surface area is 117 Å². The number of carboxylic acid groups (broad SMARTS) is 1. The van der Waals surface area contributed by atoms with Crippen molar-refractivity contribution in [2.75, 3.05) is 11.9 Å². The quantitative estimate of drug-likeness (QED) is 0.772. The van der Waals surface area contributed by atoms with Crippen molar-refractivity contribution < 1.29 is 14.7 Å². The molecule has 1 aromatic heterocycles. The molecule has 2 aliphatic carbocycles. The number of hydrogen-bond donors (Lipinski definition) is 3. The molecule has 0 saturated heterocycles. The van der Waals surface area contributed by atoms with Gasteiger partial charge in [0, 0.05) is 18.3 Å². The van der Waals surface area contributed by atoms with Gasteiger partial charge in [-0.3, -0.25) is 0 Å². The molecular weight excluding hydrogens is 258 g/mol. The van der Waals surface area contributed by atoms with Crippen LogP contribution in [-0.2, 0) is 0 Å². The minimum Gasteiger partial charge on any atom is -0.477 e. The van der Waals surface area contributed by atoms with Gasteiger partial charge >= 0.3 is 12.0 Å². The molecule has 3 N–H and O–H groups in total. The number of aromatic nitrogens is 1. The molecule has 0 unspecified atom stereocenters. The van der Waals surface area contributed by atoms with Crippen LogP contribution in [0.2, 0.25) is 0 Å². The first-order valence-corrected chi connectivity index (χ1v) is 7.05. The van der Waals surface area contributed by atoms with Gasteiger partial charge in [0.05, 0.1) is 5.69 Å². The molecule has 20 heavy (non-hydrogen) atoms. The fourth-order valence-corrected chi connectivity index (χ4v) is 2.41. The van der Waals surface area contributed by atoms with Crippen LogP contribution in [-0.4, -0.2) is 39.6 Å². The van der Waals surface area contributed by atoms with Crippen molar-refractivity contribution in [3.63, 3.8) is 0 Å². The van der Waals surface area contributed by atoms with Gasteiger partial charge in [0.1, 0.15) is 5.69 Å². The maximum atomic E-state index is 12.3. The van der Waals surface area contributed by atoms with E-state index in [-0.39, 0.29) is 11.7 Å². The van der Waals surface area contributed by atoms with E-state index in [0.29, 0.717) is 17.6 Å². The van der Waals surface area contributed by atoms with Gasteiger partial charge in [-0.25, -0.2) is 9.59 Å². The van der Waals surface area contributed by atoms with E-state index in [1.54, 1.807) is 13.0 Å². The van der Waals surface area contributed by atoms with E-state index < -0.39 is 5.97 Å². The minimum atomic E-state index is -1.06. The SMILES string of the molecule is Cc1cc(NC(=O)N(CC2CC2)C2CC2)c(C(=O)O)[nH]1. The summed E-state index contributed by atoms with van der Waals surface area (Å²) >= 11 is 0. The number of hydrogen-bond acceptors (Lipinski definition) is 2. The lowest BCUT2D eigenvalue weighted by Crippen LogP contribution is -2.38. The molecule has 0 aromatic carbocycles. The van der Waals surface area contributed by atoms with Crippen molar-refractivity contribution in [2.45, 2.75) is 38.6 Å². The van der Waals surface area contributed by atoms with Crippen molar-refractivity contribution in [1.29, 1.82) is 0 Å². The summed E-state index contributed by atoms with van der Waals surface area (Å²) in [6.45, 7) is 2.56. The highest BCUT2D eigenvalue weighted by molar-refractivity contribution is 5.99. The van der Waals surface area contributed by atoms with E-state index in [1.807, 2.05) is 4.90 Å². The normalized spacial score (nSPS) is 17.9. The molecule has 2 amide bonds. The molecule has 2 fully saturated rings. The highest BCUT2D eigenvalue weighted by Gasteiger charge is 2.36. The Morgan fingerprint density at radius 1 is 1.40 bits per heavy atom. The maximum absolute atomic E-state index is 12.3. The Kier molecular flexibility index (Phi) is 3.16. The molecule has 0 spiro atoms. The summed E-state index contributed by atoms with van der Waals surface area (Å²) in [5.41, 5.74) is 1.11. The topological polar surface area (TPSA) is 85.4 Å². The molecule has 108 valence electrons. The lowest BCUT2D eigenvalue weighted by atomic mass is 10.3. The summed E-state index contributed by atoms with van der Waals surface area (Å²) in [4.78, 5) is 28.1. The summed E-state index contributed by atoms with van der Waals surface area (Å²) in [7, 11) is 0. The van der Waals surface area contributed by atoms with Crippen LogP contribution in [0.25, 0.3) is 0 Å². The van der Waals surface area contributed by atoms with Crippen LogP contribution in [0.5, 0.6) is 0 Å². The Morgan fingerprint density at radius 3 is 2.65 bits per heavy atom. The fourth-order valence-electron chi connectivity index (χ4n) is 2.41. The lowest BCUT2D eigenvalue weighted by molar-refractivity contribution is 0.0692. The smallest absolute Gasteiger partial charge is 0.354 e. The number of carboxylic acids is 1. The highest BCUT2D eigenvalue weighted by Crippen LogP contribution is 2.35. The summed E-state index contributed by atoms with van der Waals surface area (Å²) in [6, 6.07) is 1.81. The van der Waals surface area contributed by atoms with E-state index in [9.17, 15) is 9.59 Å². The first kappa shape index (κ1) is 13.0. The molecular formula is C14H19N3O3. The minimum absolute atomic E-state index is 0.0398. The van der Waals surface area contributed by atoms with Gasteiger partial charge in [-0.15, -0.1) is 0 Å². The highest BCUT2D eigenvalue weighted by atomic mass is 16.4. The zero-order valence-electron chi connectivity index (χ0n) is 11.5. The molecule has 2 saturated carbocycles. The third-order valence-electron chi connectivity index (χ3n) is 3.81. The van der Waals surface area contributed by atoms with E-state index >= 15 is 0 Å². The fraction of sp³-hybridized carbons (Fsp3) is 0.571. The number of urea groups is 1. The van der Waals surface area contributed by atoms with Crippen LogP contribution in [0.1, 0.15) is 41.9 Å². The molecule has 0 bridgehead atoms. The van der Waals surface area contributed by atoms with Gasteiger partial charge in [0.25, 0.3) is 0 Å². The Bertz CT molecular complexity index is 544. The van der Waals surface area contributed by atoms with Crippen molar-refractivity contribution in [1.82, 2.24) is 9.88 Å². The van der Waals surface area contributed by atoms with E-state index in [1.165, 1.54) is 12.8 Å². The number of nitrogens with zero attached hydrogens (tertiary/aromatic N) is 1. The number of rotatable bonds is 5. The van der Waals surface area contributed by atoms with Gasteiger partial charge in [-0.1, -0.05) is 0 Å². The number of aromatic amines is 1. The molecule has 1 aromatic rings. The Balaban J connectivity index is 1.71. The molecule has 2 aliphatic rings. The Hall–Kier alpha value is -1.98. The summed E-state index contributed by atoms with van der Waals surface area (Å²) < 4.78 is 0. The van der Waals surface area contributed by atoms with Crippen LogP contribution in [0.15, 0.2) is 6.07 Å². The van der Waals surface area contributed by atoms with Gasteiger partial charge in [0.2, 0.25) is 0 Å². The number of aromatic carboxylic acids is 1. The molecule has 0 atom stereocenters. The van der Waals surface area contributed by atoms with Crippen molar-refractivity contribution in [3.8, 4) is 0 Å². The second-order valence-corrected chi connectivity index (χ2v) is 5.80. The molecule has 0 aliphatic heterocycles. The third-order valence-corrected chi connectivity index (χ3v) is 3.81. The van der Waals surface area contributed by atoms with Crippen molar-refractivity contribution >= 4 is 17.7 Å². The van der Waals surface area contributed by atoms with E-state index in [4.69, 9.17) is 5.11 Å². The average molecular weight is 277 g/mol. The summed E-state index contributed by atoms with van der Waals surface area (Å²) in [5, 5.41) is 11.9. The number of carbonyl (C=O) groups is 2. The van der Waals surface area contributed by atoms with Crippen LogP contribution >= 0.6 is 0 Å². The van der Waals surface area contributed by atoms with Crippen LogP contribution in [0.3, 0.4) is 0 Å². The van der Waals surface area contributed by atoms with Crippen LogP contribution in [0, 0.1) is 12.8 Å². The predicted molar refractivity (Wildman–Crippen MR) is 74.0 cm³/mol. The number of aryl methyl sites for hydroxylation is 1. The second kappa shape index (κ2) is 4.85. The zero-order valence-corrected chi connectivity index (χ0v) is 11.5. The molecule has 0 radical (unpaired) electrons. The Morgan fingerprint density at radius 2 is 2.10 bits per heavy atom. The third kappa shape index (κ3) is 2.79. The first-order chi connectivity index (χ1) is 9.54. The summed E-state index contributed by atoms with van der Waals surface area (Å²) in [6.07, 6.45) is 4.50. The number of amides is 2. The first-order valence-electron chi connectivity index (χ1n) is 7.05. The van der Waals surface area contributed by atoms with Crippen molar-refractivity contribution in [2.24, 2.45) is 5.92 Å². The maximum Gasteiger partial charge on any atom is 0.354 e. The monoisotopic (exact) mass is 277 g/mol. The number of anilines is 1. The second-order valence-electron chi connectivity index (χ2n) is 5.80. The predicted octanol–water partition coefficient (Wildman–Crippen LogP) is 2.43. The van der Waals surface area contributed by atoms with Crippen LogP contribution in [0.4, 0.5) is 10.5 Å². The lowest BCUT2D eigenvalue weighted by Gasteiger charge is -2.22. The van der Waals surface area contributed by atoms with Gasteiger partial charge in [-0.05, 0) is 44.6 Å². The molecule has 3 rings (SSSR count). The molecule has 1 heterocycles. The average Bonchev–Trinajstić information content (AvgIpc) is 3.26. The van der Waals surface area contributed by atoms with Gasteiger partial charge in [-0.2, -0.15) is 0 Å². The van der Waals surface area contributed by atoms with E-state index in [2.05, 4.69) is 10.3 Å². The summed E-state index contributed by atoms with van der Waals surface area (Å²) in [5.74, 6) is -0.429. The zero-order chi connectivity index (χ0) is 14.3. The number of carbonyl (C=O) groups excluding carboxylic acids is 1. The molecule has 6 heteroatoms. The number of H-pyrrole nitrogens is 1. The largest absolute Gasteiger partial charge is 0.477 e. The van der Waals surface area contributed by atoms with Crippen molar-refractivity contribution in [3.05, 3.63) is 17.5 Å². The molecule has 6 nitrogen and oxygen atoms in total. The van der Waals surface area contributed by atoms with Gasteiger partial charge in [0.15, 0.2) is 0 Å². The van der Waals surface area contributed by atoms with Crippen LogP contribution < -0.4 is 5.32 Å². The van der Waals surface area contributed by atoms with Gasteiger partial charge < -0.3 is 20.3 Å².